The zero-order valence-electron chi connectivity index (χ0n) is 12.5. The number of nitrogens with one attached hydrogen (secondary N) is 1. The van der Waals surface area contributed by atoms with E-state index in [1.165, 1.54) is 18.4 Å². The molecule has 1 aliphatic rings. The number of rotatable bonds is 8. The molecule has 0 atom stereocenters. The average Bonchev–Trinajstić information content (AvgIpc) is 3.24. The largest absolute Gasteiger partial charge is 0.485 e. The lowest BCUT2D eigenvalue weighted by Crippen LogP contribution is -2.16. The van der Waals surface area contributed by atoms with Gasteiger partial charge in [0.1, 0.15) is 18.7 Å². The highest BCUT2D eigenvalue weighted by atomic mass is 16.5. The Hall–Kier alpha value is -1.88. The fourth-order valence-corrected chi connectivity index (χ4v) is 2.27. The normalized spacial score (nSPS) is 14.3. The summed E-state index contributed by atoms with van der Waals surface area (Å²) in [5, 5.41) is 7.75. The molecule has 3 rings (SSSR count). The summed E-state index contributed by atoms with van der Waals surface area (Å²) >= 11 is 0. The molecule has 0 amide bonds. The Kier molecular flexibility index (Phi) is 4.50. The molecule has 0 spiro atoms. The predicted molar refractivity (Wildman–Crippen MR) is 80.9 cm³/mol. The van der Waals surface area contributed by atoms with Crippen LogP contribution in [0.5, 0.6) is 5.75 Å². The summed E-state index contributed by atoms with van der Waals surface area (Å²) in [7, 11) is 0. The van der Waals surface area contributed by atoms with E-state index < -0.39 is 0 Å². The zero-order chi connectivity index (χ0) is 14.5. The topological polar surface area (TPSA) is 52.0 Å². The molecule has 1 fully saturated rings. The lowest BCUT2D eigenvalue weighted by atomic mass is 10.2. The number of benzene rings is 1. The van der Waals surface area contributed by atoms with E-state index in [1.807, 2.05) is 16.8 Å². The first-order valence-electron chi connectivity index (χ1n) is 7.67. The molecular weight excluding hydrogens is 264 g/mol. The Morgan fingerprint density at radius 3 is 3.00 bits per heavy atom. The van der Waals surface area contributed by atoms with Gasteiger partial charge in [0.2, 0.25) is 0 Å². The van der Waals surface area contributed by atoms with Gasteiger partial charge in [-0.25, -0.2) is 9.67 Å². The minimum Gasteiger partial charge on any atom is -0.485 e. The van der Waals surface area contributed by atoms with Gasteiger partial charge in [0.25, 0.3) is 0 Å². The number of aromatic nitrogens is 3. The van der Waals surface area contributed by atoms with Gasteiger partial charge in [-0.3, -0.25) is 0 Å². The second-order valence-electron chi connectivity index (χ2n) is 5.45. The summed E-state index contributed by atoms with van der Waals surface area (Å²) in [6, 6.07) is 8.89. The first kappa shape index (κ1) is 14.1. The molecule has 1 aromatic carbocycles. The number of hydrogen-bond donors (Lipinski definition) is 1. The van der Waals surface area contributed by atoms with Crippen LogP contribution in [0.1, 0.15) is 37.6 Å². The second kappa shape index (κ2) is 6.72. The molecular formula is C16H22N4O. The van der Waals surface area contributed by atoms with Crippen LogP contribution in [-0.4, -0.2) is 20.8 Å². The van der Waals surface area contributed by atoms with E-state index in [0.29, 0.717) is 12.6 Å². The molecule has 1 aliphatic carbocycles. The molecule has 0 radical (unpaired) electrons. The van der Waals surface area contributed by atoms with Gasteiger partial charge in [-0.1, -0.05) is 25.1 Å². The lowest BCUT2D eigenvalue weighted by Gasteiger charge is -2.12. The maximum atomic E-state index is 5.96. The summed E-state index contributed by atoms with van der Waals surface area (Å²) in [4.78, 5) is 4.27. The molecule has 5 heteroatoms. The van der Waals surface area contributed by atoms with Crippen LogP contribution in [0.3, 0.4) is 0 Å². The summed E-state index contributed by atoms with van der Waals surface area (Å²) < 4.78 is 7.87. The quantitative estimate of drug-likeness (QED) is 0.810. The van der Waals surface area contributed by atoms with Gasteiger partial charge < -0.3 is 10.1 Å². The third-order valence-electron chi connectivity index (χ3n) is 3.62. The minimum atomic E-state index is 0.459. The molecule has 0 bridgehead atoms. The highest BCUT2D eigenvalue weighted by molar-refractivity contribution is 5.33. The molecule has 21 heavy (non-hydrogen) atoms. The van der Waals surface area contributed by atoms with E-state index in [9.17, 15) is 0 Å². The van der Waals surface area contributed by atoms with Crippen molar-refractivity contribution in [2.45, 2.75) is 51.9 Å². The third-order valence-corrected chi connectivity index (χ3v) is 3.62. The van der Waals surface area contributed by atoms with Crippen molar-refractivity contribution in [1.82, 2.24) is 20.1 Å². The second-order valence-corrected chi connectivity index (χ2v) is 5.45. The van der Waals surface area contributed by atoms with E-state index >= 15 is 0 Å². The van der Waals surface area contributed by atoms with Crippen molar-refractivity contribution in [2.75, 3.05) is 0 Å². The van der Waals surface area contributed by atoms with Crippen molar-refractivity contribution >= 4 is 0 Å². The van der Waals surface area contributed by atoms with Gasteiger partial charge in [0, 0.05) is 24.7 Å². The van der Waals surface area contributed by atoms with Crippen LogP contribution in [0, 0.1) is 0 Å². The van der Waals surface area contributed by atoms with Crippen LogP contribution in [0.15, 0.2) is 30.6 Å². The predicted octanol–water partition coefficient (Wildman–Crippen LogP) is 2.52. The SMILES string of the molecule is CCCn1ncnc1COc1ccccc1CNC1CC1. The maximum Gasteiger partial charge on any atom is 0.164 e. The van der Waals surface area contributed by atoms with E-state index in [4.69, 9.17) is 4.74 Å². The fourth-order valence-electron chi connectivity index (χ4n) is 2.27. The Labute approximate surface area is 125 Å². The van der Waals surface area contributed by atoms with Gasteiger partial charge in [-0.05, 0) is 25.3 Å². The van der Waals surface area contributed by atoms with Crippen LogP contribution >= 0.6 is 0 Å². The number of hydrogen-bond acceptors (Lipinski definition) is 4. The average molecular weight is 286 g/mol. The van der Waals surface area contributed by atoms with E-state index in [0.717, 1.165) is 31.1 Å². The third kappa shape index (κ3) is 3.82. The van der Waals surface area contributed by atoms with Crippen LogP contribution in [0.2, 0.25) is 0 Å². The Morgan fingerprint density at radius 2 is 2.19 bits per heavy atom. The maximum absolute atomic E-state index is 5.96. The van der Waals surface area contributed by atoms with Crippen molar-refractivity contribution in [3.63, 3.8) is 0 Å². The molecule has 112 valence electrons. The number of nitrogens with zero attached hydrogens (tertiary/aromatic N) is 3. The van der Waals surface area contributed by atoms with Crippen LogP contribution in [0.25, 0.3) is 0 Å². The Morgan fingerprint density at radius 1 is 1.33 bits per heavy atom. The fraction of sp³-hybridized carbons (Fsp3) is 0.500. The van der Waals surface area contributed by atoms with Crippen molar-refractivity contribution < 1.29 is 4.74 Å². The van der Waals surface area contributed by atoms with Gasteiger partial charge in [0.05, 0.1) is 0 Å². The molecule has 0 aliphatic heterocycles. The van der Waals surface area contributed by atoms with Gasteiger partial charge in [-0.15, -0.1) is 0 Å². The summed E-state index contributed by atoms with van der Waals surface area (Å²) in [6.45, 7) is 4.33. The Balaban J connectivity index is 1.62. The van der Waals surface area contributed by atoms with Gasteiger partial charge >= 0.3 is 0 Å². The van der Waals surface area contributed by atoms with Crippen LogP contribution < -0.4 is 10.1 Å². The smallest absolute Gasteiger partial charge is 0.164 e. The van der Waals surface area contributed by atoms with Crippen molar-refractivity contribution in [3.8, 4) is 5.75 Å². The molecule has 2 aromatic rings. The van der Waals surface area contributed by atoms with Crippen molar-refractivity contribution in [2.24, 2.45) is 0 Å². The van der Waals surface area contributed by atoms with Gasteiger partial charge in [-0.2, -0.15) is 5.10 Å². The summed E-state index contributed by atoms with van der Waals surface area (Å²) in [5.74, 6) is 1.80. The molecule has 1 aromatic heterocycles. The van der Waals surface area contributed by atoms with Crippen LogP contribution in [0.4, 0.5) is 0 Å². The van der Waals surface area contributed by atoms with Crippen molar-refractivity contribution in [1.29, 1.82) is 0 Å². The number of aryl methyl sites for hydroxylation is 1. The monoisotopic (exact) mass is 286 g/mol. The van der Waals surface area contributed by atoms with Gasteiger partial charge in [0.15, 0.2) is 5.82 Å². The first-order chi connectivity index (χ1) is 10.4. The van der Waals surface area contributed by atoms with Crippen LogP contribution in [-0.2, 0) is 19.7 Å². The molecule has 5 nitrogen and oxygen atoms in total. The highest BCUT2D eigenvalue weighted by Gasteiger charge is 2.20. The summed E-state index contributed by atoms with van der Waals surface area (Å²) in [6.07, 6.45) is 5.22. The van der Waals surface area contributed by atoms with E-state index in [-0.39, 0.29) is 0 Å². The minimum absolute atomic E-state index is 0.459. The number of para-hydroxylation sites is 1. The van der Waals surface area contributed by atoms with Crippen molar-refractivity contribution in [3.05, 3.63) is 42.0 Å². The number of ether oxygens (including phenoxy) is 1. The molecule has 0 saturated heterocycles. The Bertz CT molecular complexity index is 577. The standard InChI is InChI=1S/C16H22N4O/c1-2-9-20-16(18-12-19-20)11-21-15-6-4-3-5-13(15)10-17-14-7-8-14/h3-6,12,14,17H,2,7-11H2,1H3. The van der Waals surface area contributed by atoms with E-state index in [2.05, 4.69) is 34.5 Å². The van der Waals surface area contributed by atoms with E-state index in [1.54, 1.807) is 6.33 Å². The molecule has 0 unspecified atom stereocenters. The lowest BCUT2D eigenvalue weighted by molar-refractivity contribution is 0.282. The molecule has 1 N–H and O–H groups in total. The summed E-state index contributed by atoms with van der Waals surface area (Å²) in [5.41, 5.74) is 1.20. The zero-order valence-corrected chi connectivity index (χ0v) is 12.5. The highest BCUT2D eigenvalue weighted by Crippen LogP contribution is 2.23. The molecule has 1 saturated carbocycles. The molecule has 1 heterocycles. The first-order valence-corrected chi connectivity index (χ1v) is 7.67.